The monoisotopic (exact) mass is 493 g/mol. The molecule has 0 radical (unpaired) electrons. The summed E-state index contributed by atoms with van der Waals surface area (Å²) in [7, 11) is 0. The van der Waals surface area contributed by atoms with Crippen molar-refractivity contribution in [3.8, 4) is 0 Å². The molecule has 0 saturated carbocycles. The number of hydrogen-bond donors (Lipinski definition) is 4. The number of aliphatic hydroxyl groups excluding tert-OH is 3. The number of hydrogen-bond acceptors (Lipinski definition) is 7. The van der Waals surface area contributed by atoms with Crippen molar-refractivity contribution in [2.75, 3.05) is 51.4 Å². The van der Waals surface area contributed by atoms with Crippen molar-refractivity contribution in [2.45, 2.75) is 70.1 Å². The third-order valence-corrected chi connectivity index (χ3v) is 7.32. The van der Waals surface area contributed by atoms with Gasteiger partial charge in [0.05, 0.1) is 12.1 Å². The molecule has 1 aliphatic carbocycles. The Balaban J connectivity index is 2.00. The molecule has 194 valence electrons. The highest BCUT2D eigenvalue weighted by Gasteiger charge is 2.30. The molecule has 6 nitrogen and oxygen atoms in total. The normalized spacial score (nSPS) is 21.6. The Labute approximate surface area is 211 Å². The van der Waals surface area contributed by atoms with Crippen LogP contribution in [-0.4, -0.2) is 88.3 Å². The first-order valence-electron chi connectivity index (χ1n) is 12.9. The first-order valence-corrected chi connectivity index (χ1v) is 14.3. The molecule has 2 atom stereocenters. The molecule has 1 heterocycles. The minimum Gasteiger partial charge on any atom is -0.396 e. The zero-order valence-corrected chi connectivity index (χ0v) is 22.1. The Morgan fingerprint density at radius 1 is 1.15 bits per heavy atom. The number of β-amino-alcohol motifs (C(OH)–C–C–N with tert-alkyl or cyclic N) is 1. The van der Waals surface area contributed by atoms with Gasteiger partial charge in [0, 0.05) is 44.3 Å². The molecule has 4 N–H and O–H groups in total. The third-order valence-electron chi connectivity index (χ3n) is 6.71. The van der Waals surface area contributed by atoms with Gasteiger partial charge in [-0.2, -0.15) is 11.8 Å². The maximum absolute atomic E-state index is 10.4. The van der Waals surface area contributed by atoms with Gasteiger partial charge < -0.3 is 25.1 Å². The van der Waals surface area contributed by atoms with Gasteiger partial charge in [-0.3, -0.25) is 5.32 Å². The zero-order chi connectivity index (χ0) is 24.7. The van der Waals surface area contributed by atoms with E-state index in [1.54, 1.807) is 11.8 Å². The molecule has 0 amide bonds. The smallest absolute Gasteiger partial charge is 0.122 e. The van der Waals surface area contributed by atoms with Crippen molar-refractivity contribution in [3.05, 3.63) is 47.9 Å². The molecule has 0 bridgehead atoms. The lowest BCUT2D eigenvalue weighted by atomic mass is 9.89. The van der Waals surface area contributed by atoms with Crippen molar-refractivity contribution in [1.82, 2.24) is 15.1 Å². The van der Waals surface area contributed by atoms with Crippen LogP contribution in [0.15, 0.2) is 47.9 Å². The van der Waals surface area contributed by atoms with Crippen LogP contribution >= 0.6 is 11.8 Å². The van der Waals surface area contributed by atoms with Gasteiger partial charge in [0.2, 0.25) is 0 Å². The third kappa shape index (κ3) is 10.2. The molecule has 34 heavy (non-hydrogen) atoms. The first kappa shape index (κ1) is 29.0. The number of rotatable bonds is 17. The second-order valence-electron chi connectivity index (χ2n) is 9.48. The average Bonchev–Trinajstić information content (AvgIpc) is 2.84. The first-order chi connectivity index (χ1) is 16.5. The topological polar surface area (TPSA) is 79.2 Å². The quantitative estimate of drug-likeness (QED) is 0.182. The van der Waals surface area contributed by atoms with Gasteiger partial charge in [-0.05, 0) is 82.4 Å². The fourth-order valence-corrected chi connectivity index (χ4v) is 4.80. The molecule has 0 aromatic carbocycles. The summed E-state index contributed by atoms with van der Waals surface area (Å²) >= 11 is 1.78. The van der Waals surface area contributed by atoms with E-state index in [4.69, 9.17) is 10.2 Å². The highest BCUT2D eigenvalue weighted by Crippen LogP contribution is 2.30. The van der Waals surface area contributed by atoms with E-state index in [0.717, 1.165) is 76.8 Å². The summed E-state index contributed by atoms with van der Waals surface area (Å²) in [6, 6.07) is 0. The van der Waals surface area contributed by atoms with Crippen LogP contribution in [0, 0.1) is 0 Å². The van der Waals surface area contributed by atoms with E-state index in [2.05, 4.69) is 64.9 Å². The van der Waals surface area contributed by atoms with Crippen molar-refractivity contribution in [3.63, 3.8) is 0 Å². The largest absolute Gasteiger partial charge is 0.396 e. The van der Waals surface area contributed by atoms with E-state index in [-0.39, 0.29) is 18.8 Å². The fourth-order valence-electron chi connectivity index (χ4n) is 4.48. The second kappa shape index (κ2) is 16.4. The number of nitrogens with one attached hydrogen (secondary N) is 1. The lowest BCUT2D eigenvalue weighted by Crippen LogP contribution is -2.49. The van der Waals surface area contributed by atoms with E-state index in [1.165, 1.54) is 11.3 Å². The molecule has 7 heteroatoms. The molecule has 2 aliphatic rings. The Morgan fingerprint density at radius 2 is 1.88 bits per heavy atom. The molecule has 0 saturated heterocycles. The van der Waals surface area contributed by atoms with E-state index in [0.29, 0.717) is 6.54 Å². The highest BCUT2D eigenvalue weighted by molar-refractivity contribution is 7.98. The summed E-state index contributed by atoms with van der Waals surface area (Å²) < 4.78 is 0. The molecular formula is C27H47N3O3S. The van der Waals surface area contributed by atoms with Gasteiger partial charge in [-0.25, -0.2) is 0 Å². The number of allylic oxidation sites excluding steroid dienone is 6. The van der Waals surface area contributed by atoms with Gasteiger partial charge >= 0.3 is 0 Å². The molecule has 1 unspecified atom stereocenters. The summed E-state index contributed by atoms with van der Waals surface area (Å²) in [5.41, 5.74) is 2.59. The summed E-state index contributed by atoms with van der Waals surface area (Å²) in [6.07, 6.45) is 22.7. The summed E-state index contributed by atoms with van der Waals surface area (Å²) in [5.74, 6) is 0.994. The van der Waals surface area contributed by atoms with E-state index in [9.17, 15) is 5.11 Å². The minimum absolute atomic E-state index is 0.109. The van der Waals surface area contributed by atoms with E-state index < -0.39 is 6.23 Å². The predicted octanol–water partition coefficient (Wildman–Crippen LogP) is 3.63. The van der Waals surface area contributed by atoms with Crippen molar-refractivity contribution in [1.29, 1.82) is 0 Å². The lowest BCUT2D eigenvalue weighted by Gasteiger charge is -2.42. The summed E-state index contributed by atoms with van der Waals surface area (Å²) in [4.78, 5) is 4.70. The summed E-state index contributed by atoms with van der Waals surface area (Å²) in [5, 5.41) is 31.9. The predicted molar refractivity (Wildman–Crippen MR) is 145 cm³/mol. The van der Waals surface area contributed by atoms with Gasteiger partial charge in [-0.15, -0.1) is 0 Å². The fraction of sp³-hybridized carbons (Fsp3) is 0.704. The number of aliphatic hydroxyl groups is 3. The van der Waals surface area contributed by atoms with Crippen LogP contribution in [0.1, 0.15) is 58.3 Å². The van der Waals surface area contributed by atoms with Gasteiger partial charge in [0.1, 0.15) is 6.23 Å². The SMILES string of the molecule is CSCCN[C@@H](O)CN1C=CCCC1(C)/C=C/C1=CC=C(N(CCCCO)CCCCO)CC1. The second-order valence-corrected chi connectivity index (χ2v) is 10.5. The molecule has 0 fully saturated rings. The van der Waals surface area contributed by atoms with Gasteiger partial charge in [0.25, 0.3) is 0 Å². The Hall–Kier alpha value is -1.25. The van der Waals surface area contributed by atoms with Crippen molar-refractivity contribution in [2.24, 2.45) is 0 Å². The average molecular weight is 494 g/mol. The Kier molecular flexibility index (Phi) is 14.0. The van der Waals surface area contributed by atoms with Crippen LogP contribution in [0.5, 0.6) is 0 Å². The molecule has 0 spiro atoms. The molecule has 2 rings (SSSR count). The van der Waals surface area contributed by atoms with Crippen molar-refractivity contribution >= 4 is 11.8 Å². The lowest BCUT2D eigenvalue weighted by molar-refractivity contribution is 0.0691. The van der Waals surface area contributed by atoms with Crippen LogP contribution in [-0.2, 0) is 0 Å². The van der Waals surface area contributed by atoms with Crippen molar-refractivity contribution < 1.29 is 15.3 Å². The minimum atomic E-state index is -0.537. The maximum atomic E-state index is 10.4. The molecular weight excluding hydrogens is 446 g/mol. The van der Waals surface area contributed by atoms with Crippen LogP contribution in [0.2, 0.25) is 0 Å². The van der Waals surface area contributed by atoms with Gasteiger partial charge in [0.15, 0.2) is 0 Å². The van der Waals surface area contributed by atoms with Gasteiger partial charge in [-0.1, -0.05) is 24.3 Å². The van der Waals surface area contributed by atoms with Crippen LogP contribution in [0.3, 0.4) is 0 Å². The Morgan fingerprint density at radius 3 is 2.50 bits per heavy atom. The molecule has 0 aromatic heterocycles. The standard InChI is InChI=1S/C27H47N3O3S/c1-27(14-3-4-19-30(27)23-26(33)28-16-22-34-2)15-13-24-9-11-25(12-10-24)29(17-5-7-20-31)18-6-8-21-32/h4,9,11,13,15,19,26,28,31-33H,3,5-8,10,12,14,16-18,20-23H2,1-2H3/b15-13+/t26-,27?/m0/s1. The summed E-state index contributed by atoms with van der Waals surface area (Å²) in [6.45, 7) is 6.06. The molecule has 0 aromatic rings. The van der Waals surface area contributed by atoms with Crippen LogP contribution in [0.4, 0.5) is 0 Å². The van der Waals surface area contributed by atoms with Crippen LogP contribution < -0.4 is 5.32 Å². The Bertz CT molecular complexity index is 685. The van der Waals surface area contributed by atoms with E-state index >= 15 is 0 Å². The molecule has 1 aliphatic heterocycles. The highest BCUT2D eigenvalue weighted by atomic mass is 32.2. The number of unbranched alkanes of at least 4 members (excludes halogenated alkanes) is 2. The maximum Gasteiger partial charge on any atom is 0.122 e. The van der Waals surface area contributed by atoms with Crippen LogP contribution in [0.25, 0.3) is 0 Å². The van der Waals surface area contributed by atoms with E-state index in [1.807, 2.05) is 0 Å². The number of nitrogens with zero attached hydrogens (tertiary/aromatic N) is 2. The zero-order valence-electron chi connectivity index (χ0n) is 21.3. The number of thioether (sulfide) groups is 1.